The molecule has 3 rings (SSSR count). The minimum Gasteiger partial charge on any atom is -0.490 e. The van der Waals surface area contributed by atoms with Crippen LogP contribution in [0.4, 0.5) is 0 Å². The van der Waals surface area contributed by atoms with Crippen molar-refractivity contribution in [3.05, 3.63) is 48.2 Å². The normalized spacial score (nSPS) is 15.2. The minimum atomic E-state index is -0.266. The first-order chi connectivity index (χ1) is 15.0. The molecule has 7 nitrogen and oxygen atoms in total. The highest BCUT2D eigenvalue weighted by atomic mass is 16.5. The van der Waals surface area contributed by atoms with Gasteiger partial charge in [-0.3, -0.25) is 9.59 Å². The lowest BCUT2D eigenvalue weighted by Gasteiger charge is -2.24. The summed E-state index contributed by atoms with van der Waals surface area (Å²) in [5.41, 5.74) is 0.325. The number of hydrogen-bond acceptors (Lipinski definition) is 5. The lowest BCUT2D eigenvalue weighted by Crippen LogP contribution is -2.42. The third kappa shape index (κ3) is 6.70. The Hall–Kier alpha value is -3.09. The van der Waals surface area contributed by atoms with E-state index in [-0.39, 0.29) is 24.2 Å². The van der Waals surface area contributed by atoms with Crippen molar-refractivity contribution in [1.82, 2.24) is 15.2 Å². The quantitative estimate of drug-likeness (QED) is 0.800. The Balaban J connectivity index is 1.87. The Kier molecular flexibility index (Phi) is 8.27. The van der Waals surface area contributed by atoms with Crippen LogP contribution in [0.3, 0.4) is 0 Å². The second-order valence-corrected chi connectivity index (χ2v) is 8.09. The highest BCUT2D eigenvalue weighted by Gasteiger charge is 2.23. The molecule has 0 aliphatic carbocycles. The molecular formula is C24H31N3O4. The molecule has 0 fully saturated rings. The SMILES string of the molecule is CC(C)CNC(=O)CN1CCCCCCOc2ccccc2Oc2ncccc2C1=O. The van der Waals surface area contributed by atoms with Crippen molar-refractivity contribution in [1.29, 1.82) is 0 Å². The molecule has 1 N–H and O–H groups in total. The molecule has 1 aromatic carbocycles. The summed E-state index contributed by atoms with van der Waals surface area (Å²) in [6.07, 6.45) is 5.25. The number of carbonyl (C=O) groups excluding carboxylic acids is 2. The Bertz CT molecular complexity index is 885. The van der Waals surface area contributed by atoms with Gasteiger partial charge in [-0.25, -0.2) is 4.98 Å². The highest BCUT2D eigenvalue weighted by molar-refractivity contribution is 5.98. The number of fused-ring (bicyclic) bond motifs is 2. The Morgan fingerprint density at radius 2 is 1.87 bits per heavy atom. The monoisotopic (exact) mass is 425 g/mol. The van der Waals surface area contributed by atoms with Crippen LogP contribution in [0, 0.1) is 5.92 Å². The number of aromatic nitrogens is 1. The number of nitrogens with zero attached hydrogens (tertiary/aromatic N) is 2. The number of para-hydroxylation sites is 2. The van der Waals surface area contributed by atoms with Gasteiger partial charge in [-0.15, -0.1) is 0 Å². The van der Waals surface area contributed by atoms with Crippen LogP contribution in [-0.4, -0.2) is 47.9 Å². The predicted octanol–water partition coefficient (Wildman–Crippen LogP) is 4.04. The van der Waals surface area contributed by atoms with E-state index in [9.17, 15) is 9.59 Å². The Morgan fingerprint density at radius 1 is 1.10 bits per heavy atom. The number of carbonyl (C=O) groups is 2. The van der Waals surface area contributed by atoms with Gasteiger partial charge in [-0.1, -0.05) is 38.8 Å². The molecule has 31 heavy (non-hydrogen) atoms. The number of nitrogens with one attached hydrogen (secondary N) is 1. The molecule has 0 saturated heterocycles. The summed E-state index contributed by atoms with van der Waals surface area (Å²) in [5.74, 6) is 1.25. The third-order valence-corrected chi connectivity index (χ3v) is 4.97. The van der Waals surface area contributed by atoms with E-state index < -0.39 is 0 Å². The molecule has 1 aromatic heterocycles. The van der Waals surface area contributed by atoms with Crippen LogP contribution in [0.2, 0.25) is 0 Å². The van der Waals surface area contributed by atoms with E-state index in [4.69, 9.17) is 9.47 Å². The van der Waals surface area contributed by atoms with Crippen LogP contribution in [0.25, 0.3) is 0 Å². The molecule has 7 heteroatoms. The zero-order chi connectivity index (χ0) is 22.1. The van der Waals surface area contributed by atoms with Gasteiger partial charge in [0, 0.05) is 19.3 Å². The molecule has 2 aromatic rings. The molecule has 0 atom stereocenters. The smallest absolute Gasteiger partial charge is 0.259 e. The number of amides is 2. The lowest BCUT2D eigenvalue weighted by molar-refractivity contribution is -0.122. The maximum absolute atomic E-state index is 13.4. The predicted molar refractivity (Wildman–Crippen MR) is 118 cm³/mol. The number of rotatable bonds is 4. The molecule has 0 spiro atoms. The van der Waals surface area contributed by atoms with Gasteiger partial charge in [0.1, 0.15) is 5.56 Å². The number of pyridine rings is 1. The van der Waals surface area contributed by atoms with Crippen molar-refractivity contribution in [2.24, 2.45) is 5.92 Å². The van der Waals surface area contributed by atoms with Crippen molar-refractivity contribution >= 4 is 11.8 Å². The second kappa shape index (κ2) is 11.3. The van der Waals surface area contributed by atoms with E-state index in [0.717, 1.165) is 25.7 Å². The molecule has 0 radical (unpaired) electrons. The third-order valence-electron chi connectivity index (χ3n) is 4.97. The van der Waals surface area contributed by atoms with Gasteiger partial charge < -0.3 is 19.7 Å². The Labute approximate surface area is 183 Å². The average Bonchev–Trinajstić information content (AvgIpc) is 2.76. The fourth-order valence-electron chi connectivity index (χ4n) is 3.30. The minimum absolute atomic E-state index is 0.0135. The summed E-state index contributed by atoms with van der Waals surface area (Å²) in [4.78, 5) is 31.7. The van der Waals surface area contributed by atoms with Crippen molar-refractivity contribution < 1.29 is 19.1 Å². The number of hydrogen-bond donors (Lipinski definition) is 1. The topological polar surface area (TPSA) is 80.8 Å². The summed E-state index contributed by atoms with van der Waals surface area (Å²) in [5, 5.41) is 2.90. The average molecular weight is 426 g/mol. The van der Waals surface area contributed by atoms with Crippen molar-refractivity contribution in [3.63, 3.8) is 0 Å². The van der Waals surface area contributed by atoms with Crippen LogP contribution < -0.4 is 14.8 Å². The maximum Gasteiger partial charge on any atom is 0.259 e. The van der Waals surface area contributed by atoms with Crippen LogP contribution in [-0.2, 0) is 4.79 Å². The van der Waals surface area contributed by atoms with Crippen molar-refractivity contribution in [2.45, 2.75) is 39.5 Å². The molecule has 2 heterocycles. The molecule has 0 bridgehead atoms. The fraction of sp³-hybridized carbons (Fsp3) is 0.458. The first-order valence-corrected chi connectivity index (χ1v) is 10.9. The molecule has 0 unspecified atom stereocenters. The first-order valence-electron chi connectivity index (χ1n) is 10.9. The zero-order valence-electron chi connectivity index (χ0n) is 18.3. The van der Waals surface area contributed by atoms with E-state index in [1.54, 1.807) is 29.3 Å². The van der Waals surface area contributed by atoms with Crippen LogP contribution in [0.1, 0.15) is 49.9 Å². The van der Waals surface area contributed by atoms with Gasteiger partial charge in [-0.2, -0.15) is 0 Å². The summed E-state index contributed by atoms with van der Waals surface area (Å²) in [6.45, 7) is 5.76. The molecule has 0 saturated carbocycles. The highest BCUT2D eigenvalue weighted by Crippen LogP contribution is 2.32. The standard InChI is InChI=1S/C24H31N3O4/c1-18(2)16-26-22(28)17-27-14-7-3-4-8-15-30-20-11-5-6-12-21(20)31-23-19(24(27)29)10-9-13-25-23/h5-6,9-13,18H,3-4,7-8,14-17H2,1-2H3,(H,26,28). The van der Waals surface area contributed by atoms with Gasteiger partial charge in [0.25, 0.3) is 5.91 Å². The summed E-state index contributed by atoms with van der Waals surface area (Å²) in [7, 11) is 0. The Morgan fingerprint density at radius 3 is 2.68 bits per heavy atom. The van der Waals surface area contributed by atoms with E-state index in [1.165, 1.54) is 0 Å². The van der Waals surface area contributed by atoms with Gasteiger partial charge in [0.05, 0.1) is 13.2 Å². The summed E-state index contributed by atoms with van der Waals surface area (Å²) < 4.78 is 11.9. The van der Waals surface area contributed by atoms with E-state index in [0.29, 0.717) is 42.7 Å². The van der Waals surface area contributed by atoms with Gasteiger partial charge >= 0.3 is 0 Å². The molecule has 2 amide bonds. The van der Waals surface area contributed by atoms with E-state index >= 15 is 0 Å². The van der Waals surface area contributed by atoms with Crippen molar-refractivity contribution in [2.75, 3.05) is 26.2 Å². The lowest BCUT2D eigenvalue weighted by atomic mass is 10.1. The summed E-state index contributed by atoms with van der Waals surface area (Å²) in [6, 6.07) is 10.7. The maximum atomic E-state index is 13.4. The molecule has 1 aliphatic heterocycles. The summed E-state index contributed by atoms with van der Waals surface area (Å²) >= 11 is 0. The first kappa shape index (κ1) is 22.6. The van der Waals surface area contributed by atoms with E-state index in [2.05, 4.69) is 10.3 Å². The fourth-order valence-corrected chi connectivity index (χ4v) is 3.30. The number of ether oxygens (including phenoxy) is 2. The van der Waals surface area contributed by atoms with Gasteiger partial charge in [0.15, 0.2) is 11.5 Å². The number of benzene rings is 1. The molecule has 166 valence electrons. The van der Waals surface area contributed by atoms with Gasteiger partial charge in [0.2, 0.25) is 11.8 Å². The second-order valence-electron chi connectivity index (χ2n) is 8.09. The molecule has 1 aliphatic rings. The molecular weight excluding hydrogens is 394 g/mol. The van der Waals surface area contributed by atoms with E-state index in [1.807, 2.05) is 32.0 Å². The largest absolute Gasteiger partial charge is 0.490 e. The van der Waals surface area contributed by atoms with Gasteiger partial charge in [-0.05, 0) is 43.0 Å². The van der Waals surface area contributed by atoms with Crippen LogP contribution in [0.5, 0.6) is 17.4 Å². The van der Waals surface area contributed by atoms with Crippen molar-refractivity contribution in [3.8, 4) is 17.4 Å². The van der Waals surface area contributed by atoms with Crippen LogP contribution in [0.15, 0.2) is 42.6 Å². The van der Waals surface area contributed by atoms with Crippen LogP contribution >= 0.6 is 0 Å². The zero-order valence-corrected chi connectivity index (χ0v) is 18.3.